The monoisotopic (exact) mass is 284 g/mol. The summed E-state index contributed by atoms with van der Waals surface area (Å²) in [4.78, 5) is 13.2. The SMILES string of the molecule is CCCCCSc1cccc(SCC)c1C(=O)O. The Morgan fingerprint density at radius 2 is 1.83 bits per heavy atom. The fraction of sp³-hybridized carbons (Fsp3) is 0.500. The molecule has 1 N–H and O–H groups in total. The summed E-state index contributed by atoms with van der Waals surface area (Å²) in [6.45, 7) is 4.21. The molecule has 0 aliphatic rings. The molecule has 0 bridgehead atoms. The van der Waals surface area contributed by atoms with Gasteiger partial charge in [0.15, 0.2) is 0 Å². The van der Waals surface area contributed by atoms with Gasteiger partial charge in [0.1, 0.15) is 0 Å². The lowest BCUT2D eigenvalue weighted by atomic mass is 10.2. The number of benzene rings is 1. The Kier molecular flexibility index (Phi) is 7.28. The molecule has 0 atom stereocenters. The molecule has 0 aromatic heterocycles. The normalized spacial score (nSPS) is 10.6. The van der Waals surface area contributed by atoms with E-state index in [0.29, 0.717) is 5.56 Å². The molecule has 18 heavy (non-hydrogen) atoms. The van der Waals surface area contributed by atoms with Gasteiger partial charge in [-0.25, -0.2) is 4.79 Å². The predicted molar refractivity (Wildman–Crippen MR) is 80.0 cm³/mol. The lowest BCUT2D eigenvalue weighted by molar-refractivity contribution is 0.0689. The smallest absolute Gasteiger partial charge is 0.337 e. The molecule has 0 saturated heterocycles. The Labute approximate surface area is 118 Å². The first-order chi connectivity index (χ1) is 8.70. The van der Waals surface area contributed by atoms with E-state index in [1.165, 1.54) is 12.8 Å². The predicted octanol–water partition coefficient (Wildman–Crippen LogP) is 4.78. The van der Waals surface area contributed by atoms with Gasteiger partial charge in [0, 0.05) is 9.79 Å². The highest BCUT2D eigenvalue weighted by Gasteiger charge is 2.15. The van der Waals surface area contributed by atoms with Crippen LogP contribution in [-0.4, -0.2) is 22.6 Å². The number of rotatable bonds is 8. The van der Waals surface area contributed by atoms with Crippen molar-refractivity contribution < 1.29 is 9.90 Å². The van der Waals surface area contributed by atoms with Crippen molar-refractivity contribution in [3.05, 3.63) is 23.8 Å². The van der Waals surface area contributed by atoms with E-state index >= 15 is 0 Å². The van der Waals surface area contributed by atoms with Gasteiger partial charge in [-0.3, -0.25) is 0 Å². The summed E-state index contributed by atoms with van der Waals surface area (Å²) in [5.74, 6) is 1.07. The standard InChI is InChI=1S/C14H20O2S2/c1-3-5-6-10-18-12-9-7-8-11(17-4-2)13(12)14(15)16/h7-9H,3-6,10H2,1-2H3,(H,15,16). The Morgan fingerprint density at radius 1 is 1.17 bits per heavy atom. The first-order valence-electron chi connectivity index (χ1n) is 6.32. The minimum Gasteiger partial charge on any atom is -0.478 e. The van der Waals surface area contributed by atoms with Gasteiger partial charge in [0.05, 0.1) is 5.56 Å². The molecule has 0 heterocycles. The van der Waals surface area contributed by atoms with E-state index in [2.05, 4.69) is 6.92 Å². The van der Waals surface area contributed by atoms with Crippen LogP contribution in [0, 0.1) is 0 Å². The van der Waals surface area contributed by atoms with Crippen molar-refractivity contribution >= 4 is 29.5 Å². The molecule has 1 rings (SSSR count). The maximum atomic E-state index is 11.4. The summed E-state index contributed by atoms with van der Waals surface area (Å²) in [5, 5.41) is 9.35. The van der Waals surface area contributed by atoms with Gasteiger partial charge < -0.3 is 5.11 Å². The zero-order chi connectivity index (χ0) is 13.4. The highest BCUT2D eigenvalue weighted by Crippen LogP contribution is 2.31. The first-order valence-corrected chi connectivity index (χ1v) is 8.29. The molecule has 0 saturated carbocycles. The minimum absolute atomic E-state index is 0.478. The Bertz CT molecular complexity index is 391. The van der Waals surface area contributed by atoms with Gasteiger partial charge in [-0.15, -0.1) is 23.5 Å². The molecule has 1 aromatic carbocycles. The number of carboxylic acid groups (broad SMARTS) is 1. The summed E-state index contributed by atoms with van der Waals surface area (Å²) in [7, 11) is 0. The van der Waals surface area contributed by atoms with Crippen molar-refractivity contribution in [2.45, 2.75) is 42.9 Å². The third kappa shape index (κ3) is 4.58. The fourth-order valence-electron chi connectivity index (χ4n) is 1.65. The number of hydrogen-bond acceptors (Lipinski definition) is 3. The van der Waals surface area contributed by atoms with Crippen molar-refractivity contribution in [1.29, 1.82) is 0 Å². The average Bonchev–Trinajstić information content (AvgIpc) is 2.35. The number of carbonyl (C=O) groups is 1. The summed E-state index contributed by atoms with van der Waals surface area (Å²) in [5.41, 5.74) is 0.478. The molecule has 100 valence electrons. The van der Waals surface area contributed by atoms with Crippen LogP contribution in [0.25, 0.3) is 0 Å². The van der Waals surface area contributed by atoms with Gasteiger partial charge in [0.2, 0.25) is 0 Å². The molecule has 2 nitrogen and oxygen atoms in total. The maximum Gasteiger partial charge on any atom is 0.337 e. The average molecular weight is 284 g/mol. The molecule has 0 radical (unpaired) electrons. The van der Waals surface area contributed by atoms with Gasteiger partial charge in [-0.05, 0) is 30.1 Å². The Morgan fingerprint density at radius 3 is 2.39 bits per heavy atom. The van der Waals surface area contributed by atoms with Crippen LogP contribution in [0.3, 0.4) is 0 Å². The second kappa shape index (κ2) is 8.48. The van der Waals surface area contributed by atoms with E-state index < -0.39 is 5.97 Å². The Hall–Kier alpha value is -0.610. The van der Waals surface area contributed by atoms with Crippen LogP contribution >= 0.6 is 23.5 Å². The second-order valence-electron chi connectivity index (χ2n) is 3.92. The molecule has 0 amide bonds. The van der Waals surface area contributed by atoms with Gasteiger partial charge >= 0.3 is 5.97 Å². The van der Waals surface area contributed by atoms with Crippen LogP contribution in [0.15, 0.2) is 28.0 Å². The summed E-state index contributed by atoms with van der Waals surface area (Å²) in [6.07, 6.45) is 3.54. The molecule has 0 aliphatic carbocycles. The largest absolute Gasteiger partial charge is 0.478 e. The molecule has 0 spiro atoms. The molecular weight excluding hydrogens is 264 g/mol. The lowest BCUT2D eigenvalue weighted by Gasteiger charge is -2.10. The zero-order valence-electron chi connectivity index (χ0n) is 10.9. The van der Waals surface area contributed by atoms with Gasteiger partial charge in [-0.1, -0.05) is 32.8 Å². The molecule has 0 fully saturated rings. The van der Waals surface area contributed by atoms with E-state index in [9.17, 15) is 9.90 Å². The van der Waals surface area contributed by atoms with Crippen LogP contribution in [0.4, 0.5) is 0 Å². The topological polar surface area (TPSA) is 37.3 Å². The van der Waals surface area contributed by atoms with Crippen molar-refractivity contribution in [1.82, 2.24) is 0 Å². The molecule has 4 heteroatoms. The van der Waals surface area contributed by atoms with Crippen molar-refractivity contribution in [2.24, 2.45) is 0 Å². The van der Waals surface area contributed by atoms with Crippen LogP contribution in [0.5, 0.6) is 0 Å². The summed E-state index contributed by atoms with van der Waals surface area (Å²) in [6, 6.07) is 5.76. The summed E-state index contributed by atoms with van der Waals surface area (Å²) < 4.78 is 0. The number of aromatic carboxylic acids is 1. The highest BCUT2D eigenvalue weighted by molar-refractivity contribution is 8.00. The molecule has 0 aliphatic heterocycles. The molecule has 1 aromatic rings. The zero-order valence-corrected chi connectivity index (χ0v) is 12.6. The number of hydrogen-bond donors (Lipinski definition) is 1. The van der Waals surface area contributed by atoms with E-state index in [1.54, 1.807) is 23.5 Å². The lowest BCUT2D eigenvalue weighted by Crippen LogP contribution is -2.02. The minimum atomic E-state index is -0.815. The number of unbranched alkanes of at least 4 members (excludes halogenated alkanes) is 2. The van der Waals surface area contributed by atoms with Crippen LogP contribution in [0.2, 0.25) is 0 Å². The van der Waals surface area contributed by atoms with Gasteiger partial charge in [-0.2, -0.15) is 0 Å². The van der Waals surface area contributed by atoms with Crippen molar-refractivity contribution in [2.75, 3.05) is 11.5 Å². The quantitative estimate of drug-likeness (QED) is 0.550. The fourth-order valence-corrected chi connectivity index (χ4v) is 3.63. The van der Waals surface area contributed by atoms with E-state index in [1.807, 2.05) is 25.1 Å². The van der Waals surface area contributed by atoms with Crippen molar-refractivity contribution in [3.8, 4) is 0 Å². The van der Waals surface area contributed by atoms with Crippen LogP contribution in [0.1, 0.15) is 43.5 Å². The summed E-state index contributed by atoms with van der Waals surface area (Å²) >= 11 is 3.26. The highest BCUT2D eigenvalue weighted by atomic mass is 32.2. The van der Waals surface area contributed by atoms with E-state index in [4.69, 9.17) is 0 Å². The number of thioether (sulfide) groups is 2. The first kappa shape index (κ1) is 15.4. The Balaban J connectivity index is 2.82. The second-order valence-corrected chi connectivity index (χ2v) is 6.37. The van der Waals surface area contributed by atoms with E-state index in [-0.39, 0.29) is 0 Å². The molecular formula is C14H20O2S2. The molecule has 0 unspecified atom stereocenters. The third-order valence-electron chi connectivity index (χ3n) is 2.51. The third-order valence-corrected chi connectivity index (χ3v) is 4.59. The van der Waals surface area contributed by atoms with Crippen LogP contribution < -0.4 is 0 Å². The van der Waals surface area contributed by atoms with Crippen LogP contribution in [-0.2, 0) is 0 Å². The van der Waals surface area contributed by atoms with Crippen molar-refractivity contribution in [3.63, 3.8) is 0 Å². The van der Waals surface area contributed by atoms with Gasteiger partial charge in [0.25, 0.3) is 0 Å². The number of carboxylic acids is 1. The van der Waals surface area contributed by atoms with E-state index in [0.717, 1.165) is 27.7 Å². The maximum absolute atomic E-state index is 11.4.